The number of aryl methyl sites for hydroxylation is 1. The lowest BCUT2D eigenvalue weighted by Gasteiger charge is -2.20. The smallest absolute Gasteiger partial charge is 0.406 e. The Morgan fingerprint density at radius 3 is 2.31 bits per heavy atom. The Kier molecular flexibility index (Phi) is 5.93. The highest BCUT2D eigenvalue weighted by Crippen LogP contribution is 2.31. The molecule has 3 heterocycles. The van der Waals surface area contributed by atoms with Gasteiger partial charge in [0.2, 0.25) is 0 Å². The summed E-state index contributed by atoms with van der Waals surface area (Å²) in [5.41, 5.74) is 2.12. The quantitative estimate of drug-likeness (QED) is 0.621. The van der Waals surface area contributed by atoms with E-state index in [1.807, 2.05) is 0 Å². The maximum Gasteiger partial charge on any atom is 0.573 e. The molecule has 1 aliphatic rings. The molecule has 0 bridgehead atoms. The van der Waals surface area contributed by atoms with E-state index < -0.39 is 12.3 Å². The second-order valence-corrected chi connectivity index (χ2v) is 7.33. The van der Waals surface area contributed by atoms with Gasteiger partial charge in [0.05, 0.1) is 5.56 Å². The normalized spacial score (nSPS) is 13.8. The summed E-state index contributed by atoms with van der Waals surface area (Å²) in [4.78, 5) is 28.0. The third-order valence-corrected chi connectivity index (χ3v) is 4.97. The van der Waals surface area contributed by atoms with Crippen LogP contribution in [0.2, 0.25) is 0 Å². The fourth-order valence-electron chi connectivity index (χ4n) is 3.45. The van der Waals surface area contributed by atoms with Crippen molar-refractivity contribution in [1.29, 1.82) is 0 Å². The lowest BCUT2D eigenvalue weighted by atomic mass is 10.1. The number of aromatic nitrogens is 3. The summed E-state index contributed by atoms with van der Waals surface area (Å²) >= 11 is 0. The van der Waals surface area contributed by atoms with Crippen LogP contribution in [-0.2, 0) is 0 Å². The monoisotopic (exact) mass is 443 g/mol. The van der Waals surface area contributed by atoms with E-state index >= 15 is 0 Å². The molecule has 0 radical (unpaired) electrons. The van der Waals surface area contributed by atoms with E-state index in [1.54, 1.807) is 25.4 Å². The molecule has 32 heavy (non-hydrogen) atoms. The number of nitrogens with zero attached hydrogens (tertiary/aromatic N) is 4. The maximum absolute atomic E-state index is 12.8. The summed E-state index contributed by atoms with van der Waals surface area (Å²) in [5.74, 6) is 0.592. The number of hydrogen-bond acceptors (Lipinski definition) is 6. The SMILES string of the molecule is Cc1ncc(-c2cc(C(=O)Nc3ccc(OC(F)(F)F)cc3)cnc2N2CCCC2)cn1. The van der Waals surface area contributed by atoms with Crippen LogP contribution in [0, 0.1) is 6.92 Å². The summed E-state index contributed by atoms with van der Waals surface area (Å²) < 4.78 is 40.8. The highest BCUT2D eigenvalue weighted by Gasteiger charge is 2.31. The molecule has 0 unspecified atom stereocenters. The predicted octanol–water partition coefficient (Wildman–Crippen LogP) is 4.60. The minimum Gasteiger partial charge on any atom is -0.406 e. The fourth-order valence-corrected chi connectivity index (χ4v) is 3.45. The Labute approximate surface area is 182 Å². The van der Waals surface area contributed by atoms with Crippen molar-refractivity contribution >= 4 is 17.4 Å². The molecule has 1 amide bonds. The lowest BCUT2D eigenvalue weighted by Crippen LogP contribution is -2.21. The van der Waals surface area contributed by atoms with Gasteiger partial charge in [-0.15, -0.1) is 13.2 Å². The molecule has 166 valence electrons. The largest absolute Gasteiger partial charge is 0.573 e. The highest BCUT2D eigenvalue weighted by atomic mass is 19.4. The Morgan fingerprint density at radius 1 is 1.03 bits per heavy atom. The van der Waals surface area contributed by atoms with E-state index in [9.17, 15) is 18.0 Å². The molecule has 0 saturated carbocycles. The minimum atomic E-state index is -4.77. The number of benzene rings is 1. The van der Waals surface area contributed by atoms with E-state index in [-0.39, 0.29) is 5.75 Å². The van der Waals surface area contributed by atoms with Crippen molar-refractivity contribution in [2.45, 2.75) is 26.1 Å². The third-order valence-electron chi connectivity index (χ3n) is 4.97. The molecule has 1 saturated heterocycles. The number of halogens is 3. The van der Waals surface area contributed by atoms with E-state index in [1.165, 1.54) is 18.3 Å². The number of hydrogen-bond donors (Lipinski definition) is 1. The van der Waals surface area contributed by atoms with E-state index in [4.69, 9.17) is 0 Å². The number of anilines is 2. The number of rotatable bonds is 5. The Balaban J connectivity index is 1.58. The van der Waals surface area contributed by atoms with Crippen LogP contribution in [0.5, 0.6) is 5.75 Å². The molecular formula is C22H20F3N5O2. The standard InChI is InChI=1S/C22H20F3N5O2/c1-14-26-12-16(13-27-14)19-10-15(11-28-20(19)30-8-2-3-9-30)21(31)29-17-4-6-18(7-5-17)32-22(23,24)25/h4-7,10-13H,2-3,8-9H2,1H3,(H,29,31). The molecule has 0 atom stereocenters. The van der Waals surface area contributed by atoms with Gasteiger partial charge in [-0.05, 0) is 50.1 Å². The van der Waals surface area contributed by atoms with Gasteiger partial charge >= 0.3 is 6.36 Å². The molecule has 0 aliphatic carbocycles. The minimum absolute atomic E-state index is 0.305. The number of carbonyl (C=O) groups is 1. The second kappa shape index (κ2) is 8.81. The highest BCUT2D eigenvalue weighted by molar-refractivity contribution is 6.05. The number of alkyl halides is 3. The van der Waals surface area contributed by atoms with Crippen LogP contribution in [0.25, 0.3) is 11.1 Å². The van der Waals surface area contributed by atoms with Gasteiger partial charge in [0, 0.05) is 48.5 Å². The molecule has 4 rings (SSSR count). The van der Waals surface area contributed by atoms with Crippen molar-refractivity contribution in [2.75, 3.05) is 23.3 Å². The van der Waals surface area contributed by atoms with Gasteiger partial charge in [-0.2, -0.15) is 0 Å². The Morgan fingerprint density at radius 2 is 1.69 bits per heavy atom. The molecule has 1 N–H and O–H groups in total. The van der Waals surface area contributed by atoms with Crippen LogP contribution in [0.3, 0.4) is 0 Å². The summed E-state index contributed by atoms with van der Waals surface area (Å²) in [7, 11) is 0. The molecule has 1 aromatic carbocycles. The molecule has 1 aliphatic heterocycles. The van der Waals surface area contributed by atoms with Gasteiger partial charge in [-0.3, -0.25) is 4.79 Å². The van der Waals surface area contributed by atoms with E-state index in [2.05, 4.69) is 29.9 Å². The van der Waals surface area contributed by atoms with Crippen LogP contribution in [-0.4, -0.2) is 40.3 Å². The fraction of sp³-hybridized carbons (Fsp3) is 0.273. The summed E-state index contributed by atoms with van der Waals surface area (Å²) in [5, 5.41) is 2.66. The number of carbonyl (C=O) groups excluding carboxylic acids is 1. The first-order valence-electron chi connectivity index (χ1n) is 10.00. The first-order valence-corrected chi connectivity index (χ1v) is 10.00. The molecule has 10 heteroatoms. The third kappa shape index (κ3) is 5.13. The molecule has 7 nitrogen and oxygen atoms in total. The number of pyridine rings is 1. The average Bonchev–Trinajstić information content (AvgIpc) is 3.29. The van der Waals surface area contributed by atoms with Crippen molar-refractivity contribution in [3.8, 4) is 16.9 Å². The summed E-state index contributed by atoms with van der Waals surface area (Å²) in [6.45, 7) is 3.55. The average molecular weight is 443 g/mol. The molecule has 3 aromatic rings. The summed E-state index contributed by atoms with van der Waals surface area (Å²) in [6.07, 6.45) is 2.25. The lowest BCUT2D eigenvalue weighted by molar-refractivity contribution is -0.274. The first-order chi connectivity index (χ1) is 15.3. The van der Waals surface area contributed by atoms with Gasteiger partial charge in [0.25, 0.3) is 5.91 Å². The van der Waals surface area contributed by atoms with Gasteiger partial charge in [-0.25, -0.2) is 15.0 Å². The van der Waals surface area contributed by atoms with Crippen LogP contribution < -0.4 is 15.0 Å². The predicted molar refractivity (Wildman–Crippen MR) is 113 cm³/mol. The zero-order chi connectivity index (χ0) is 22.7. The van der Waals surface area contributed by atoms with Crippen molar-refractivity contribution in [3.63, 3.8) is 0 Å². The van der Waals surface area contributed by atoms with Gasteiger partial charge in [0.1, 0.15) is 17.4 Å². The Hall–Kier alpha value is -3.69. The Bertz CT molecular complexity index is 1100. The summed E-state index contributed by atoms with van der Waals surface area (Å²) in [6, 6.07) is 6.66. The molecule has 1 fully saturated rings. The zero-order valence-electron chi connectivity index (χ0n) is 17.2. The zero-order valence-corrected chi connectivity index (χ0v) is 17.2. The van der Waals surface area contributed by atoms with Crippen LogP contribution in [0.15, 0.2) is 48.9 Å². The molecule has 0 spiro atoms. The maximum atomic E-state index is 12.8. The van der Waals surface area contributed by atoms with Crippen molar-refractivity contribution in [1.82, 2.24) is 15.0 Å². The first kappa shape index (κ1) is 21.5. The molecule has 2 aromatic heterocycles. The van der Waals surface area contributed by atoms with Gasteiger partial charge in [-0.1, -0.05) is 0 Å². The van der Waals surface area contributed by atoms with E-state index in [0.717, 1.165) is 55.0 Å². The van der Waals surface area contributed by atoms with E-state index in [0.29, 0.717) is 17.1 Å². The van der Waals surface area contributed by atoms with Crippen LogP contribution in [0.1, 0.15) is 29.0 Å². The van der Waals surface area contributed by atoms with Gasteiger partial charge in [0.15, 0.2) is 0 Å². The molecular weight excluding hydrogens is 423 g/mol. The number of nitrogens with one attached hydrogen (secondary N) is 1. The van der Waals surface area contributed by atoms with Crippen molar-refractivity contribution in [2.24, 2.45) is 0 Å². The van der Waals surface area contributed by atoms with Crippen LogP contribution in [0.4, 0.5) is 24.7 Å². The topological polar surface area (TPSA) is 80.2 Å². The van der Waals surface area contributed by atoms with Crippen molar-refractivity contribution < 1.29 is 22.7 Å². The van der Waals surface area contributed by atoms with Crippen LogP contribution >= 0.6 is 0 Å². The second-order valence-electron chi connectivity index (χ2n) is 7.33. The number of ether oxygens (including phenoxy) is 1. The van der Waals surface area contributed by atoms with Crippen molar-refractivity contribution in [3.05, 3.63) is 60.3 Å². The number of amides is 1. The van der Waals surface area contributed by atoms with Gasteiger partial charge < -0.3 is 15.0 Å².